The van der Waals surface area contributed by atoms with Crippen LogP contribution in [0.2, 0.25) is 5.02 Å². The first kappa shape index (κ1) is 20.6. The number of ether oxygens (including phenoxy) is 2. The number of rotatable bonds is 7. The summed E-state index contributed by atoms with van der Waals surface area (Å²) in [4.78, 5) is 24.2. The molecule has 3 rings (SSSR count). The average Bonchev–Trinajstić information content (AvgIpc) is 3.19. The van der Waals surface area contributed by atoms with Crippen LogP contribution in [-0.2, 0) is 9.53 Å². The van der Waals surface area contributed by atoms with Crippen molar-refractivity contribution in [2.45, 2.75) is 18.9 Å². The molecule has 2 N–H and O–H groups in total. The fourth-order valence-electron chi connectivity index (χ4n) is 2.75. The first-order valence-electron chi connectivity index (χ1n) is 8.89. The minimum atomic E-state index is -0.324. The first-order chi connectivity index (χ1) is 13.5. The number of carbonyl (C=O) groups is 2. The molecule has 2 aromatic carbocycles. The van der Waals surface area contributed by atoms with E-state index in [0.717, 1.165) is 23.9 Å². The van der Waals surface area contributed by atoms with Crippen LogP contribution in [0.3, 0.4) is 0 Å². The van der Waals surface area contributed by atoms with E-state index in [9.17, 15) is 9.59 Å². The van der Waals surface area contributed by atoms with Gasteiger partial charge in [-0.1, -0.05) is 27.5 Å². The van der Waals surface area contributed by atoms with Gasteiger partial charge >= 0.3 is 0 Å². The molecule has 2 amide bonds. The summed E-state index contributed by atoms with van der Waals surface area (Å²) in [6.07, 6.45) is 2.10. The molecule has 1 fully saturated rings. The van der Waals surface area contributed by atoms with Gasteiger partial charge in [-0.15, -0.1) is 0 Å². The zero-order valence-electron chi connectivity index (χ0n) is 15.0. The van der Waals surface area contributed by atoms with Gasteiger partial charge in [0.15, 0.2) is 6.61 Å². The van der Waals surface area contributed by atoms with Gasteiger partial charge in [-0.05, 0) is 55.3 Å². The lowest BCUT2D eigenvalue weighted by atomic mass is 10.2. The zero-order chi connectivity index (χ0) is 19.9. The van der Waals surface area contributed by atoms with Crippen molar-refractivity contribution >= 4 is 45.0 Å². The van der Waals surface area contributed by atoms with Gasteiger partial charge in [0, 0.05) is 28.9 Å². The van der Waals surface area contributed by atoms with Crippen LogP contribution < -0.4 is 15.4 Å². The Morgan fingerprint density at radius 3 is 2.68 bits per heavy atom. The molecular formula is C20H20BrClN2O4. The molecule has 1 saturated heterocycles. The molecule has 6 nitrogen and oxygen atoms in total. The maximum Gasteiger partial charge on any atom is 0.262 e. The minimum Gasteiger partial charge on any atom is -0.482 e. The molecule has 0 radical (unpaired) electrons. The van der Waals surface area contributed by atoms with Crippen molar-refractivity contribution in [3.05, 3.63) is 57.5 Å². The SMILES string of the molecule is O=C(COc1ccc(Br)cc1Cl)Nc1ccc(C(=O)NCC2CCCO2)cc1. The van der Waals surface area contributed by atoms with Crippen molar-refractivity contribution in [2.75, 3.05) is 25.1 Å². The van der Waals surface area contributed by atoms with Crippen LogP contribution in [0.1, 0.15) is 23.2 Å². The van der Waals surface area contributed by atoms with Crippen LogP contribution in [0.5, 0.6) is 5.75 Å². The van der Waals surface area contributed by atoms with Crippen LogP contribution in [0, 0.1) is 0 Å². The van der Waals surface area contributed by atoms with Gasteiger partial charge in [-0.3, -0.25) is 9.59 Å². The molecule has 0 bridgehead atoms. The molecule has 0 aliphatic carbocycles. The second-order valence-corrected chi connectivity index (χ2v) is 7.66. The number of nitrogens with one attached hydrogen (secondary N) is 2. The van der Waals surface area contributed by atoms with Crippen molar-refractivity contribution in [2.24, 2.45) is 0 Å². The Labute approximate surface area is 176 Å². The number of hydrogen-bond donors (Lipinski definition) is 2. The van der Waals surface area contributed by atoms with Crippen LogP contribution in [0.4, 0.5) is 5.69 Å². The second-order valence-electron chi connectivity index (χ2n) is 6.33. The van der Waals surface area contributed by atoms with Crippen molar-refractivity contribution in [3.8, 4) is 5.75 Å². The van der Waals surface area contributed by atoms with E-state index in [1.54, 1.807) is 42.5 Å². The van der Waals surface area contributed by atoms with Gasteiger partial charge in [-0.25, -0.2) is 0 Å². The molecular weight excluding hydrogens is 448 g/mol. The summed E-state index contributed by atoms with van der Waals surface area (Å²) < 4.78 is 11.7. The quantitative estimate of drug-likeness (QED) is 0.645. The Balaban J connectivity index is 1.46. The van der Waals surface area contributed by atoms with E-state index in [0.29, 0.717) is 28.6 Å². The maximum atomic E-state index is 12.2. The number of anilines is 1. The smallest absolute Gasteiger partial charge is 0.262 e. The number of amides is 2. The van der Waals surface area contributed by atoms with Crippen molar-refractivity contribution < 1.29 is 19.1 Å². The van der Waals surface area contributed by atoms with Gasteiger partial charge < -0.3 is 20.1 Å². The summed E-state index contributed by atoms with van der Waals surface area (Å²) in [5.41, 5.74) is 1.10. The van der Waals surface area contributed by atoms with Crippen molar-refractivity contribution in [3.63, 3.8) is 0 Å². The number of carbonyl (C=O) groups excluding carboxylic acids is 2. The molecule has 1 heterocycles. The highest BCUT2D eigenvalue weighted by Gasteiger charge is 2.16. The lowest BCUT2D eigenvalue weighted by molar-refractivity contribution is -0.118. The third-order valence-corrected chi connectivity index (χ3v) is 4.99. The largest absolute Gasteiger partial charge is 0.482 e. The molecule has 8 heteroatoms. The van der Waals surface area contributed by atoms with Gasteiger partial charge in [-0.2, -0.15) is 0 Å². The first-order valence-corrected chi connectivity index (χ1v) is 10.1. The van der Waals surface area contributed by atoms with E-state index in [2.05, 4.69) is 26.6 Å². The van der Waals surface area contributed by atoms with Crippen LogP contribution in [-0.4, -0.2) is 37.7 Å². The number of halogens is 2. The van der Waals surface area contributed by atoms with Gasteiger partial charge in [0.1, 0.15) is 5.75 Å². The fourth-order valence-corrected chi connectivity index (χ4v) is 3.48. The van der Waals surface area contributed by atoms with Crippen LogP contribution in [0.25, 0.3) is 0 Å². The van der Waals surface area contributed by atoms with E-state index in [1.807, 2.05) is 0 Å². The fraction of sp³-hybridized carbons (Fsp3) is 0.300. The van der Waals surface area contributed by atoms with Crippen LogP contribution >= 0.6 is 27.5 Å². The Morgan fingerprint density at radius 2 is 2.00 bits per heavy atom. The second kappa shape index (κ2) is 9.91. The molecule has 1 aliphatic rings. The van der Waals surface area contributed by atoms with E-state index >= 15 is 0 Å². The standard InChI is InChI=1S/C20H20BrClN2O4/c21-14-5-8-18(17(22)10-14)28-12-19(25)24-15-6-3-13(4-7-15)20(26)23-11-16-2-1-9-27-16/h3-8,10,16H,1-2,9,11-12H2,(H,23,26)(H,24,25). The average molecular weight is 468 g/mol. The predicted octanol–water partition coefficient (Wildman–Crippen LogP) is 4.03. The highest BCUT2D eigenvalue weighted by Crippen LogP contribution is 2.27. The predicted molar refractivity (Wildman–Crippen MR) is 111 cm³/mol. The van der Waals surface area contributed by atoms with Crippen LogP contribution in [0.15, 0.2) is 46.9 Å². The lowest BCUT2D eigenvalue weighted by Crippen LogP contribution is -2.31. The maximum absolute atomic E-state index is 12.2. The summed E-state index contributed by atoms with van der Waals surface area (Å²) >= 11 is 9.36. The van der Waals surface area contributed by atoms with Gasteiger partial charge in [0.2, 0.25) is 0 Å². The number of benzene rings is 2. The zero-order valence-corrected chi connectivity index (χ0v) is 17.4. The monoisotopic (exact) mass is 466 g/mol. The third kappa shape index (κ3) is 5.95. The van der Waals surface area contributed by atoms with Crippen molar-refractivity contribution in [1.29, 1.82) is 0 Å². The molecule has 0 aromatic heterocycles. The van der Waals surface area contributed by atoms with Crippen molar-refractivity contribution in [1.82, 2.24) is 5.32 Å². The summed E-state index contributed by atoms with van der Waals surface area (Å²) in [6, 6.07) is 11.8. The third-order valence-electron chi connectivity index (χ3n) is 4.20. The summed E-state index contributed by atoms with van der Waals surface area (Å²) in [5.74, 6) is -0.0607. The highest BCUT2D eigenvalue weighted by atomic mass is 79.9. The summed E-state index contributed by atoms with van der Waals surface area (Å²) in [7, 11) is 0. The summed E-state index contributed by atoms with van der Waals surface area (Å²) in [6.45, 7) is 1.09. The molecule has 0 saturated carbocycles. The topological polar surface area (TPSA) is 76.7 Å². The van der Waals surface area contributed by atoms with E-state index < -0.39 is 0 Å². The Hall–Kier alpha value is -2.09. The molecule has 148 valence electrons. The highest BCUT2D eigenvalue weighted by molar-refractivity contribution is 9.10. The van der Waals surface area contributed by atoms with Gasteiger partial charge in [0.25, 0.3) is 11.8 Å². The normalized spacial score (nSPS) is 15.9. The molecule has 1 atom stereocenters. The van der Waals surface area contributed by atoms with E-state index in [4.69, 9.17) is 21.1 Å². The molecule has 1 aliphatic heterocycles. The summed E-state index contributed by atoms with van der Waals surface area (Å²) in [5, 5.41) is 6.00. The van der Waals surface area contributed by atoms with E-state index in [1.165, 1.54) is 0 Å². The molecule has 1 unspecified atom stereocenters. The Bertz CT molecular complexity index is 839. The van der Waals surface area contributed by atoms with Gasteiger partial charge in [0.05, 0.1) is 11.1 Å². The lowest BCUT2D eigenvalue weighted by Gasteiger charge is -2.11. The Kier molecular flexibility index (Phi) is 7.30. The molecule has 0 spiro atoms. The molecule has 28 heavy (non-hydrogen) atoms. The molecule has 2 aromatic rings. The number of hydrogen-bond acceptors (Lipinski definition) is 4. The Morgan fingerprint density at radius 1 is 1.21 bits per heavy atom. The van der Waals surface area contributed by atoms with E-state index in [-0.39, 0.29) is 24.5 Å². The minimum absolute atomic E-state index is 0.0988.